The molecule has 20 heavy (non-hydrogen) atoms. The summed E-state index contributed by atoms with van der Waals surface area (Å²) in [6.07, 6.45) is 2.55. The fraction of sp³-hybridized carbons (Fsp3) is 0.533. The largest absolute Gasteiger partial charge is 0.469 e. The molecule has 1 fully saturated rings. The van der Waals surface area contributed by atoms with Gasteiger partial charge in [0.25, 0.3) is 0 Å². The molecule has 0 spiro atoms. The number of hydrogen-bond donors (Lipinski definition) is 1. The minimum atomic E-state index is -0.266. The number of halogens is 1. The molecule has 0 heterocycles. The van der Waals surface area contributed by atoms with E-state index in [1.807, 2.05) is 6.92 Å². The molecule has 2 N–H and O–H groups in total. The number of benzene rings is 1. The van der Waals surface area contributed by atoms with Crippen molar-refractivity contribution in [1.82, 2.24) is 0 Å². The van der Waals surface area contributed by atoms with E-state index in [0.29, 0.717) is 6.42 Å². The number of ether oxygens (including phenoxy) is 1. The van der Waals surface area contributed by atoms with E-state index in [1.54, 1.807) is 17.8 Å². The third-order valence-electron chi connectivity index (χ3n) is 3.70. The van der Waals surface area contributed by atoms with E-state index in [9.17, 15) is 9.18 Å². The Bertz CT molecular complexity index is 501. The Morgan fingerprint density at radius 3 is 2.80 bits per heavy atom. The minimum absolute atomic E-state index is 0.0568. The fourth-order valence-electron chi connectivity index (χ4n) is 2.16. The number of thioether (sulfide) groups is 1. The van der Waals surface area contributed by atoms with Gasteiger partial charge in [0.1, 0.15) is 5.82 Å². The zero-order valence-electron chi connectivity index (χ0n) is 11.8. The monoisotopic (exact) mass is 297 g/mol. The molecule has 1 atom stereocenters. The molecule has 110 valence electrons. The molecule has 5 heteroatoms. The zero-order valence-corrected chi connectivity index (χ0v) is 12.6. The lowest BCUT2D eigenvalue weighted by atomic mass is 10.1. The van der Waals surface area contributed by atoms with E-state index >= 15 is 0 Å². The van der Waals surface area contributed by atoms with E-state index < -0.39 is 0 Å². The maximum atomic E-state index is 13.3. The van der Waals surface area contributed by atoms with Crippen molar-refractivity contribution < 1.29 is 13.9 Å². The molecule has 0 amide bonds. The van der Waals surface area contributed by atoms with Crippen LogP contribution < -0.4 is 5.73 Å². The van der Waals surface area contributed by atoms with E-state index in [2.05, 4.69) is 0 Å². The molecule has 0 aromatic heterocycles. The summed E-state index contributed by atoms with van der Waals surface area (Å²) < 4.78 is 18.0. The van der Waals surface area contributed by atoms with Crippen molar-refractivity contribution in [3.05, 3.63) is 29.6 Å². The summed E-state index contributed by atoms with van der Waals surface area (Å²) in [5, 5.41) is 0. The molecule has 2 rings (SSSR count). The second-order valence-corrected chi connectivity index (χ2v) is 6.53. The van der Waals surface area contributed by atoms with E-state index in [0.717, 1.165) is 29.1 Å². The van der Waals surface area contributed by atoms with Gasteiger partial charge in [-0.2, -0.15) is 0 Å². The van der Waals surface area contributed by atoms with Crippen LogP contribution in [-0.4, -0.2) is 18.8 Å². The van der Waals surface area contributed by atoms with Crippen molar-refractivity contribution in [2.75, 3.05) is 12.9 Å². The molecule has 0 aliphatic heterocycles. The maximum Gasteiger partial charge on any atom is 0.306 e. The first-order valence-electron chi connectivity index (χ1n) is 6.70. The molecule has 1 aliphatic rings. The van der Waals surface area contributed by atoms with E-state index in [-0.39, 0.29) is 23.2 Å². The van der Waals surface area contributed by atoms with Gasteiger partial charge in [0.05, 0.1) is 13.5 Å². The second-order valence-electron chi connectivity index (χ2n) is 5.51. The van der Waals surface area contributed by atoms with Crippen LogP contribution in [0.2, 0.25) is 0 Å². The van der Waals surface area contributed by atoms with Crippen LogP contribution in [0.25, 0.3) is 0 Å². The number of rotatable bonds is 6. The highest BCUT2D eigenvalue weighted by Crippen LogP contribution is 2.52. The number of hydrogen-bond acceptors (Lipinski definition) is 4. The van der Waals surface area contributed by atoms with Gasteiger partial charge >= 0.3 is 5.97 Å². The third-order valence-corrected chi connectivity index (χ3v) is 5.14. The van der Waals surface area contributed by atoms with Crippen molar-refractivity contribution in [3.8, 4) is 0 Å². The summed E-state index contributed by atoms with van der Waals surface area (Å²) in [6.45, 7) is 1.85. The van der Waals surface area contributed by atoms with Crippen molar-refractivity contribution in [2.45, 2.75) is 37.1 Å². The van der Waals surface area contributed by atoms with Gasteiger partial charge in [-0.3, -0.25) is 4.79 Å². The molecule has 1 unspecified atom stereocenters. The lowest BCUT2D eigenvalue weighted by Gasteiger charge is -2.16. The molecule has 0 bridgehead atoms. The predicted molar refractivity (Wildman–Crippen MR) is 78.0 cm³/mol. The average Bonchev–Trinajstić information content (AvgIpc) is 3.17. The molecule has 1 aromatic rings. The van der Waals surface area contributed by atoms with Gasteiger partial charge in [0.2, 0.25) is 0 Å². The van der Waals surface area contributed by atoms with Gasteiger partial charge in [0.15, 0.2) is 0 Å². The quantitative estimate of drug-likeness (QED) is 0.646. The second kappa shape index (κ2) is 6.14. The smallest absolute Gasteiger partial charge is 0.306 e. The molecular weight excluding hydrogens is 277 g/mol. The first-order chi connectivity index (χ1) is 9.46. The average molecular weight is 297 g/mol. The highest BCUT2D eigenvalue weighted by molar-refractivity contribution is 7.99. The van der Waals surface area contributed by atoms with Crippen molar-refractivity contribution >= 4 is 17.7 Å². The summed E-state index contributed by atoms with van der Waals surface area (Å²) in [5.41, 5.74) is 6.77. The van der Waals surface area contributed by atoms with Crippen LogP contribution in [0.5, 0.6) is 0 Å². The first kappa shape index (κ1) is 15.3. The van der Waals surface area contributed by atoms with Crippen LogP contribution in [0.15, 0.2) is 23.1 Å². The van der Waals surface area contributed by atoms with Gasteiger partial charge in [-0.05, 0) is 48.9 Å². The topological polar surface area (TPSA) is 52.3 Å². The maximum absolute atomic E-state index is 13.3. The number of carbonyl (C=O) groups is 1. The normalized spacial score (nSPS) is 17.6. The standard InChI is InChI=1S/C15H20FNO2S/c1-10(17)12-7-11(16)3-4-13(12)20-9-15(5-6-15)8-14(18)19-2/h3-4,7,10H,5-6,8-9,17H2,1-2H3. The Labute approximate surface area is 123 Å². The van der Waals surface area contributed by atoms with Crippen LogP contribution in [0.4, 0.5) is 4.39 Å². The Balaban J connectivity index is 2.02. The lowest BCUT2D eigenvalue weighted by molar-refractivity contribution is -0.141. The molecule has 1 aromatic carbocycles. The van der Waals surface area contributed by atoms with Crippen molar-refractivity contribution in [2.24, 2.45) is 11.1 Å². The Morgan fingerprint density at radius 2 is 2.25 bits per heavy atom. The highest BCUT2D eigenvalue weighted by Gasteiger charge is 2.44. The summed E-state index contributed by atoms with van der Waals surface area (Å²) in [4.78, 5) is 12.4. The summed E-state index contributed by atoms with van der Waals surface area (Å²) in [5.74, 6) is 0.417. The zero-order chi connectivity index (χ0) is 14.8. The van der Waals surface area contributed by atoms with E-state index in [4.69, 9.17) is 10.5 Å². The van der Waals surface area contributed by atoms with Crippen molar-refractivity contribution in [1.29, 1.82) is 0 Å². The third kappa shape index (κ3) is 3.73. The summed E-state index contributed by atoms with van der Waals surface area (Å²) in [6, 6.07) is 4.51. The Hall–Kier alpha value is -1.07. The predicted octanol–water partition coefficient (Wildman–Crippen LogP) is 3.28. The van der Waals surface area contributed by atoms with E-state index in [1.165, 1.54) is 19.2 Å². The van der Waals surface area contributed by atoms with Crippen LogP contribution >= 0.6 is 11.8 Å². The highest BCUT2D eigenvalue weighted by atomic mass is 32.2. The number of methoxy groups -OCH3 is 1. The van der Waals surface area contributed by atoms with Crippen LogP contribution in [-0.2, 0) is 9.53 Å². The van der Waals surface area contributed by atoms with Gasteiger partial charge in [-0.15, -0.1) is 11.8 Å². The SMILES string of the molecule is COC(=O)CC1(CSc2ccc(F)cc2C(C)N)CC1. The number of nitrogens with two attached hydrogens (primary N) is 1. The van der Waals surface area contributed by atoms with Crippen molar-refractivity contribution in [3.63, 3.8) is 0 Å². The van der Waals surface area contributed by atoms with Crippen LogP contribution in [0.3, 0.4) is 0 Å². The molecular formula is C15H20FNO2S. The first-order valence-corrected chi connectivity index (χ1v) is 7.69. The molecule has 0 saturated heterocycles. The summed E-state index contributed by atoms with van der Waals surface area (Å²) >= 11 is 1.65. The molecule has 3 nitrogen and oxygen atoms in total. The lowest BCUT2D eigenvalue weighted by Crippen LogP contribution is -2.13. The minimum Gasteiger partial charge on any atom is -0.469 e. The fourth-order valence-corrected chi connectivity index (χ4v) is 3.59. The Kier molecular flexibility index (Phi) is 4.70. The molecule has 1 saturated carbocycles. The Morgan fingerprint density at radius 1 is 1.55 bits per heavy atom. The number of esters is 1. The van der Waals surface area contributed by atoms with Crippen LogP contribution in [0, 0.1) is 11.2 Å². The van der Waals surface area contributed by atoms with Gasteiger partial charge in [-0.25, -0.2) is 4.39 Å². The molecule has 0 radical (unpaired) electrons. The van der Waals surface area contributed by atoms with Gasteiger partial charge in [-0.1, -0.05) is 0 Å². The molecule has 1 aliphatic carbocycles. The number of carbonyl (C=O) groups excluding carboxylic acids is 1. The van der Waals surface area contributed by atoms with Crippen LogP contribution in [0.1, 0.15) is 37.8 Å². The summed E-state index contributed by atoms with van der Waals surface area (Å²) in [7, 11) is 1.42. The van der Waals surface area contributed by atoms with Gasteiger partial charge < -0.3 is 10.5 Å². The van der Waals surface area contributed by atoms with Gasteiger partial charge in [0, 0.05) is 16.7 Å².